The Morgan fingerprint density at radius 1 is 1.15 bits per heavy atom. The highest BCUT2D eigenvalue weighted by Gasteiger charge is 2.17. The Hall–Kier alpha value is -0.180. The maximum Gasteiger partial charge on any atom is 0.118 e. The molecule has 0 spiro atoms. The monoisotopic (exact) mass is 194 g/mol. The van der Waals surface area contributed by atoms with E-state index in [0.29, 0.717) is 5.92 Å². The van der Waals surface area contributed by atoms with E-state index in [0.717, 1.165) is 12.8 Å². The van der Waals surface area contributed by atoms with Gasteiger partial charge in [0.15, 0.2) is 0 Å². The van der Waals surface area contributed by atoms with E-state index in [9.17, 15) is 8.78 Å². The summed E-state index contributed by atoms with van der Waals surface area (Å²) in [6, 6.07) is 0. The van der Waals surface area contributed by atoms with Crippen LogP contribution in [0.5, 0.6) is 0 Å². The van der Waals surface area contributed by atoms with Crippen LogP contribution in [-0.2, 0) is 4.74 Å². The summed E-state index contributed by atoms with van der Waals surface area (Å²) in [5.41, 5.74) is 0. The van der Waals surface area contributed by atoms with Gasteiger partial charge in [-0.3, -0.25) is 0 Å². The zero-order valence-electron chi connectivity index (χ0n) is 8.72. The van der Waals surface area contributed by atoms with E-state index in [2.05, 4.69) is 6.92 Å². The highest BCUT2D eigenvalue weighted by molar-refractivity contribution is 4.64. The molecule has 3 heteroatoms. The van der Waals surface area contributed by atoms with Crippen molar-refractivity contribution in [1.29, 1.82) is 0 Å². The van der Waals surface area contributed by atoms with Gasteiger partial charge in [-0.05, 0) is 19.3 Å². The predicted molar refractivity (Wildman–Crippen MR) is 50.4 cm³/mol. The molecule has 0 saturated heterocycles. The molecule has 0 aromatic carbocycles. The Bertz CT molecular complexity index is 115. The van der Waals surface area contributed by atoms with Crippen molar-refractivity contribution in [2.45, 2.75) is 45.8 Å². The third-order valence-electron chi connectivity index (χ3n) is 2.30. The number of rotatable bonds is 7. The molecular weight excluding hydrogens is 174 g/mol. The fourth-order valence-corrected chi connectivity index (χ4v) is 1.24. The van der Waals surface area contributed by atoms with Crippen molar-refractivity contribution < 1.29 is 13.5 Å². The maximum atomic E-state index is 12.1. The summed E-state index contributed by atoms with van der Waals surface area (Å²) >= 11 is 0. The standard InChI is InChI=1S/C10H20F2O/c1-4-5-8(2)9(3)13-10(6-11)7-12/h8-10H,4-7H2,1-3H3. The van der Waals surface area contributed by atoms with Crippen molar-refractivity contribution in [3.63, 3.8) is 0 Å². The molecule has 1 nitrogen and oxygen atoms in total. The fourth-order valence-electron chi connectivity index (χ4n) is 1.24. The molecule has 0 aliphatic carbocycles. The maximum absolute atomic E-state index is 12.1. The van der Waals surface area contributed by atoms with Gasteiger partial charge in [0, 0.05) is 0 Å². The van der Waals surface area contributed by atoms with Gasteiger partial charge in [0.25, 0.3) is 0 Å². The number of ether oxygens (including phenoxy) is 1. The average Bonchev–Trinajstić information content (AvgIpc) is 2.14. The van der Waals surface area contributed by atoms with Crippen LogP contribution < -0.4 is 0 Å². The van der Waals surface area contributed by atoms with Gasteiger partial charge in [0.1, 0.15) is 19.5 Å². The first-order chi connectivity index (χ1) is 6.15. The molecule has 0 aromatic heterocycles. The number of hydrogen-bond donors (Lipinski definition) is 0. The van der Waals surface area contributed by atoms with Crippen LogP contribution in [0.2, 0.25) is 0 Å². The molecule has 13 heavy (non-hydrogen) atoms. The van der Waals surface area contributed by atoms with Gasteiger partial charge >= 0.3 is 0 Å². The Kier molecular flexibility index (Phi) is 7.14. The highest BCUT2D eigenvalue weighted by Crippen LogP contribution is 2.15. The van der Waals surface area contributed by atoms with Crippen LogP contribution in [0.4, 0.5) is 8.78 Å². The van der Waals surface area contributed by atoms with E-state index < -0.39 is 19.5 Å². The Balaban J connectivity index is 3.75. The quantitative estimate of drug-likeness (QED) is 0.605. The number of hydrogen-bond acceptors (Lipinski definition) is 1. The summed E-state index contributed by atoms with van der Waals surface area (Å²) in [5, 5.41) is 0. The van der Waals surface area contributed by atoms with Crippen molar-refractivity contribution in [2.24, 2.45) is 5.92 Å². The van der Waals surface area contributed by atoms with E-state index in [1.165, 1.54) is 0 Å². The van der Waals surface area contributed by atoms with E-state index in [-0.39, 0.29) is 6.10 Å². The summed E-state index contributed by atoms with van der Waals surface area (Å²) in [7, 11) is 0. The largest absolute Gasteiger partial charge is 0.370 e. The van der Waals surface area contributed by atoms with Gasteiger partial charge < -0.3 is 4.74 Å². The summed E-state index contributed by atoms with van der Waals surface area (Å²) in [4.78, 5) is 0. The molecule has 0 radical (unpaired) electrons. The van der Waals surface area contributed by atoms with Crippen molar-refractivity contribution in [3.05, 3.63) is 0 Å². The minimum absolute atomic E-state index is 0.0588. The topological polar surface area (TPSA) is 9.23 Å². The van der Waals surface area contributed by atoms with E-state index in [4.69, 9.17) is 4.74 Å². The molecular formula is C10H20F2O. The van der Waals surface area contributed by atoms with Gasteiger partial charge in [0.05, 0.1) is 6.10 Å². The molecule has 0 amide bonds. The second-order valence-electron chi connectivity index (χ2n) is 3.54. The third-order valence-corrected chi connectivity index (χ3v) is 2.30. The van der Waals surface area contributed by atoms with Crippen molar-refractivity contribution >= 4 is 0 Å². The first-order valence-corrected chi connectivity index (χ1v) is 4.93. The molecule has 0 aliphatic heterocycles. The van der Waals surface area contributed by atoms with Crippen LogP contribution in [0.15, 0.2) is 0 Å². The SMILES string of the molecule is CCCC(C)C(C)OC(CF)CF. The Labute approximate surface area is 79.5 Å². The number of alkyl halides is 2. The second kappa shape index (κ2) is 7.25. The van der Waals surface area contributed by atoms with Crippen LogP contribution in [0.25, 0.3) is 0 Å². The van der Waals surface area contributed by atoms with Gasteiger partial charge in [-0.1, -0.05) is 20.3 Å². The van der Waals surface area contributed by atoms with Gasteiger partial charge in [-0.25, -0.2) is 8.78 Å². The van der Waals surface area contributed by atoms with Crippen molar-refractivity contribution in [2.75, 3.05) is 13.3 Å². The number of halogens is 2. The van der Waals surface area contributed by atoms with Crippen molar-refractivity contribution in [3.8, 4) is 0 Å². The van der Waals surface area contributed by atoms with E-state index >= 15 is 0 Å². The molecule has 2 unspecified atom stereocenters. The molecule has 2 atom stereocenters. The van der Waals surface area contributed by atoms with E-state index in [1.807, 2.05) is 13.8 Å². The molecule has 0 heterocycles. The Morgan fingerprint density at radius 3 is 2.08 bits per heavy atom. The minimum atomic E-state index is -0.866. The fraction of sp³-hybridized carbons (Fsp3) is 1.00. The zero-order valence-corrected chi connectivity index (χ0v) is 8.72. The van der Waals surface area contributed by atoms with Crippen LogP contribution in [0, 0.1) is 5.92 Å². The van der Waals surface area contributed by atoms with Crippen LogP contribution >= 0.6 is 0 Å². The van der Waals surface area contributed by atoms with Gasteiger partial charge in [0.2, 0.25) is 0 Å². The molecule has 0 bridgehead atoms. The molecule has 0 aliphatic rings. The summed E-state index contributed by atoms with van der Waals surface area (Å²) in [6.45, 7) is 4.53. The van der Waals surface area contributed by atoms with Gasteiger partial charge in [-0.15, -0.1) is 0 Å². The van der Waals surface area contributed by atoms with Crippen molar-refractivity contribution in [1.82, 2.24) is 0 Å². The molecule has 0 N–H and O–H groups in total. The van der Waals surface area contributed by atoms with Crippen LogP contribution in [-0.4, -0.2) is 25.6 Å². The van der Waals surface area contributed by atoms with Gasteiger partial charge in [-0.2, -0.15) is 0 Å². The summed E-state index contributed by atoms with van der Waals surface area (Å²) < 4.78 is 29.4. The average molecular weight is 194 g/mol. The molecule has 0 aromatic rings. The lowest BCUT2D eigenvalue weighted by Crippen LogP contribution is -2.28. The van der Waals surface area contributed by atoms with Crippen LogP contribution in [0.1, 0.15) is 33.6 Å². The van der Waals surface area contributed by atoms with E-state index in [1.54, 1.807) is 0 Å². The molecule has 0 saturated carbocycles. The smallest absolute Gasteiger partial charge is 0.118 e. The first-order valence-electron chi connectivity index (χ1n) is 4.93. The lowest BCUT2D eigenvalue weighted by Gasteiger charge is -2.23. The normalized spacial score (nSPS) is 16.2. The minimum Gasteiger partial charge on any atom is -0.370 e. The highest BCUT2D eigenvalue weighted by atomic mass is 19.1. The molecule has 80 valence electrons. The molecule has 0 rings (SSSR count). The first kappa shape index (κ1) is 12.8. The lowest BCUT2D eigenvalue weighted by atomic mass is 10.0. The summed E-state index contributed by atoms with van der Waals surface area (Å²) in [5.74, 6) is 0.366. The lowest BCUT2D eigenvalue weighted by molar-refractivity contribution is -0.0498. The predicted octanol–water partition coefficient (Wildman–Crippen LogP) is 3.14. The summed E-state index contributed by atoms with van der Waals surface area (Å²) in [6.07, 6.45) is 1.18. The van der Waals surface area contributed by atoms with Crippen LogP contribution in [0.3, 0.4) is 0 Å². The zero-order chi connectivity index (χ0) is 10.3. The third kappa shape index (κ3) is 5.19. The second-order valence-corrected chi connectivity index (χ2v) is 3.54. The molecule has 0 fully saturated rings. The Morgan fingerprint density at radius 2 is 1.69 bits per heavy atom.